The summed E-state index contributed by atoms with van der Waals surface area (Å²) in [4.78, 5) is 0. The van der Waals surface area contributed by atoms with Crippen LogP contribution in [0.2, 0.25) is 0 Å². The van der Waals surface area contributed by atoms with Crippen LogP contribution in [0.3, 0.4) is 0 Å². The maximum absolute atomic E-state index is 5.42. The van der Waals surface area contributed by atoms with Gasteiger partial charge < -0.3 is 15.4 Å². The molecule has 0 saturated heterocycles. The van der Waals surface area contributed by atoms with E-state index >= 15 is 0 Å². The van der Waals surface area contributed by atoms with Crippen LogP contribution >= 0.6 is 12.2 Å². The molecule has 3 nitrogen and oxygen atoms in total. The molecule has 20 heavy (non-hydrogen) atoms. The van der Waals surface area contributed by atoms with Gasteiger partial charge in [0, 0.05) is 11.7 Å². The molecular formula is C16H26N2OS. The number of hydrogen-bond acceptors (Lipinski definition) is 2. The van der Waals surface area contributed by atoms with E-state index in [2.05, 4.69) is 38.3 Å². The lowest BCUT2D eigenvalue weighted by atomic mass is 9.93. The van der Waals surface area contributed by atoms with E-state index in [0.29, 0.717) is 29.6 Å². The van der Waals surface area contributed by atoms with Gasteiger partial charge in [-0.1, -0.05) is 27.7 Å². The number of anilines is 1. The number of thiocarbonyl (C=S) groups is 1. The van der Waals surface area contributed by atoms with Crippen LogP contribution in [-0.2, 0) is 0 Å². The van der Waals surface area contributed by atoms with Crippen LogP contribution in [0.25, 0.3) is 0 Å². The molecule has 0 aliphatic carbocycles. The highest BCUT2D eigenvalue weighted by atomic mass is 32.1. The second-order valence-corrected chi connectivity index (χ2v) is 5.98. The number of benzene rings is 1. The molecule has 0 atom stereocenters. The van der Waals surface area contributed by atoms with E-state index in [1.54, 1.807) is 0 Å². The van der Waals surface area contributed by atoms with E-state index in [4.69, 9.17) is 17.0 Å². The molecule has 0 radical (unpaired) electrons. The Balaban J connectivity index is 2.57. The van der Waals surface area contributed by atoms with Crippen LogP contribution in [-0.4, -0.2) is 17.8 Å². The van der Waals surface area contributed by atoms with Crippen molar-refractivity contribution in [2.24, 2.45) is 11.8 Å². The van der Waals surface area contributed by atoms with Gasteiger partial charge in [-0.2, -0.15) is 0 Å². The van der Waals surface area contributed by atoms with Crippen molar-refractivity contribution in [3.8, 4) is 5.75 Å². The first-order valence-corrected chi connectivity index (χ1v) is 7.65. The van der Waals surface area contributed by atoms with E-state index in [-0.39, 0.29) is 0 Å². The predicted molar refractivity (Wildman–Crippen MR) is 90.4 cm³/mol. The largest absolute Gasteiger partial charge is 0.494 e. The van der Waals surface area contributed by atoms with Gasteiger partial charge in [-0.3, -0.25) is 0 Å². The molecule has 112 valence electrons. The molecule has 0 spiro atoms. The molecule has 0 fully saturated rings. The standard InChI is InChI=1S/C16H26N2OS/c1-6-19-14-9-7-13(8-10-14)17-16(20)18-15(11(2)3)12(4)5/h7-12,15H,6H2,1-5H3,(H2,17,18,20). The molecule has 0 amide bonds. The summed E-state index contributed by atoms with van der Waals surface area (Å²) in [6.07, 6.45) is 0. The second-order valence-electron chi connectivity index (χ2n) is 5.57. The fourth-order valence-corrected chi connectivity index (χ4v) is 2.48. The molecule has 0 heterocycles. The van der Waals surface area contributed by atoms with Gasteiger partial charge in [0.15, 0.2) is 5.11 Å². The molecule has 0 bridgehead atoms. The Morgan fingerprint density at radius 3 is 2.10 bits per heavy atom. The maximum atomic E-state index is 5.42. The van der Waals surface area contributed by atoms with Gasteiger partial charge in [0.1, 0.15) is 5.75 Å². The predicted octanol–water partition coefficient (Wildman–Crippen LogP) is 4.05. The van der Waals surface area contributed by atoms with Gasteiger partial charge in [-0.25, -0.2) is 0 Å². The fourth-order valence-electron chi connectivity index (χ4n) is 2.22. The average molecular weight is 294 g/mol. The van der Waals surface area contributed by atoms with Crippen molar-refractivity contribution < 1.29 is 4.74 Å². The van der Waals surface area contributed by atoms with Crippen LogP contribution in [0.1, 0.15) is 34.6 Å². The van der Waals surface area contributed by atoms with E-state index in [0.717, 1.165) is 11.4 Å². The summed E-state index contributed by atoms with van der Waals surface area (Å²) < 4.78 is 5.42. The van der Waals surface area contributed by atoms with Crippen LogP contribution in [0, 0.1) is 11.8 Å². The van der Waals surface area contributed by atoms with Gasteiger partial charge in [0.05, 0.1) is 6.61 Å². The third kappa shape index (κ3) is 5.37. The van der Waals surface area contributed by atoms with Crippen molar-refractivity contribution >= 4 is 23.0 Å². The molecule has 1 aromatic rings. The van der Waals surface area contributed by atoms with Crippen molar-refractivity contribution in [1.29, 1.82) is 0 Å². The topological polar surface area (TPSA) is 33.3 Å². The summed E-state index contributed by atoms with van der Waals surface area (Å²) >= 11 is 5.38. The van der Waals surface area contributed by atoms with E-state index in [1.165, 1.54) is 0 Å². The average Bonchev–Trinajstić information content (AvgIpc) is 2.38. The Morgan fingerprint density at radius 1 is 1.10 bits per heavy atom. The molecule has 2 N–H and O–H groups in total. The summed E-state index contributed by atoms with van der Waals surface area (Å²) in [5.74, 6) is 1.95. The highest BCUT2D eigenvalue weighted by molar-refractivity contribution is 7.80. The molecular weight excluding hydrogens is 268 g/mol. The first-order chi connectivity index (χ1) is 9.43. The van der Waals surface area contributed by atoms with Crippen molar-refractivity contribution in [3.05, 3.63) is 24.3 Å². The van der Waals surface area contributed by atoms with Crippen molar-refractivity contribution in [2.45, 2.75) is 40.7 Å². The first kappa shape index (κ1) is 16.8. The molecule has 1 aromatic carbocycles. The zero-order chi connectivity index (χ0) is 15.1. The summed E-state index contributed by atoms with van der Waals surface area (Å²) in [6.45, 7) is 11.5. The molecule has 0 unspecified atom stereocenters. The zero-order valence-electron chi connectivity index (χ0n) is 13.1. The number of hydrogen-bond donors (Lipinski definition) is 2. The van der Waals surface area contributed by atoms with Crippen LogP contribution in [0.15, 0.2) is 24.3 Å². The molecule has 0 aliphatic rings. The maximum Gasteiger partial charge on any atom is 0.171 e. The molecule has 4 heteroatoms. The first-order valence-electron chi connectivity index (χ1n) is 7.24. The van der Waals surface area contributed by atoms with Crippen molar-refractivity contribution in [1.82, 2.24) is 5.32 Å². The lowest BCUT2D eigenvalue weighted by Crippen LogP contribution is -2.44. The van der Waals surface area contributed by atoms with Gasteiger partial charge in [-0.05, 0) is 55.2 Å². The van der Waals surface area contributed by atoms with Gasteiger partial charge in [0.25, 0.3) is 0 Å². The number of ether oxygens (including phenoxy) is 1. The molecule has 0 aliphatic heterocycles. The quantitative estimate of drug-likeness (QED) is 0.775. The fraction of sp³-hybridized carbons (Fsp3) is 0.562. The smallest absolute Gasteiger partial charge is 0.171 e. The zero-order valence-corrected chi connectivity index (χ0v) is 13.9. The monoisotopic (exact) mass is 294 g/mol. The lowest BCUT2D eigenvalue weighted by molar-refractivity contribution is 0.340. The summed E-state index contributed by atoms with van der Waals surface area (Å²) in [5.41, 5.74) is 0.970. The highest BCUT2D eigenvalue weighted by Crippen LogP contribution is 2.16. The number of nitrogens with one attached hydrogen (secondary N) is 2. The SMILES string of the molecule is CCOc1ccc(NC(=S)NC(C(C)C)C(C)C)cc1. The molecule has 0 saturated carbocycles. The highest BCUT2D eigenvalue weighted by Gasteiger charge is 2.17. The summed E-state index contributed by atoms with van der Waals surface area (Å²) in [6, 6.07) is 8.20. The van der Waals surface area contributed by atoms with Gasteiger partial charge >= 0.3 is 0 Å². The Labute approximate surface area is 128 Å². The second kappa shape index (κ2) is 8.10. The molecule has 0 aromatic heterocycles. The van der Waals surface area contributed by atoms with E-state index < -0.39 is 0 Å². The third-order valence-electron chi connectivity index (χ3n) is 3.16. The third-order valence-corrected chi connectivity index (χ3v) is 3.38. The minimum Gasteiger partial charge on any atom is -0.494 e. The lowest BCUT2D eigenvalue weighted by Gasteiger charge is -2.27. The van der Waals surface area contributed by atoms with Crippen LogP contribution < -0.4 is 15.4 Å². The van der Waals surface area contributed by atoms with E-state index in [1.807, 2.05) is 31.2 Å². The van der Waals surface area contributed by atoms with Crippen LogP contribution in [0.4, 0.5) is 5.69 Å². The Morgan fingerprint density at radius 2 is 1.65 bits per heavy atom. The van der Waals surface area contributed by atoms with Gasteiger partial charge in [0.2, 0.25) is 0 Å². The summed E-state index contributed by atoms with van der Waals surface area (Å²) in [7, 11) is 0. The summed E-state index contributed by atoms with van der Waals surface area (Å²) in [5, 5.41) is 7.28. The van der Waals surface area contributed by atoms with Gasteiger partial charge in [-0.15, -0.1) is 0 Å². The molecule has 1 rings (SSSR count). The van der Waals surface area contributed by atoms with E-state index in [9.17, 15) is 0 Å². The van der Waals surface area contributed by atoms with Crippen molar-refractivity contribution in [3.63, 3.8) is 0 Å². The Hall–Kier alpha value is -1.29. The minimum absolute atomic E-state index is 0.373. The van der Waals surface area contributed by atoms with Crippen LogP contribution in [0.5, 0.6) is 5.75 Å². The Kier molecular flexibility index (Phi) is 6.79. The number of rotatable bonds is 6. The van der Waals surface area contributed by atoms with Crippen molar-refractivity contribution in [2.75, 3.05) is 11.9 Å². The normalized spacial score (nSPS) is 11.0. The Bertz CT molecular complexity index is 407. The minimum atomic E-state index is 0.373.